The Kier molecular flexibility index (Phi) is 10.6. The zero-order chi connectivity index (χ0) is 43.3. The van der Waals surface area contributed by atoms with Gasteiger partial charge in [-0.15, -0.1) is 0 Å². The van der Waals surface area contributed by atoms with E-state index in [1.54, 1.807) is 16.4 Å². The molecule has 0 aromatic heterocycles. The molecule has 0 amide bonds. The van der Waals surface area contributed by atoms with Crippen molar-refractivity contribution in [1.82, 2.24) is 4.31 Å². The van der Waals surface area contributed by atoms with Crippen molar-refractivity contribution >= 4 is 24.2 Å². The van der Waals surface area contributed by atoms with Crippen LogP contribution in [0.15, 0.2) is 24.3 Å². The van der Waals surface area contributed by atoms with E-state index in [9.17, 15) is 0 Å². The minimum atomic E-state index is -1.24. The Bertz CT molecular complexity index is 1890. The van der Waals surface area contributed by atoms with Crippen LogP contribution in [-0.2, 0) is 32.6 Å². The Balaban J connectivity index is 1.39. The van der Waals surface area contributed by atoms with Gasteiger partial charge in [0.15, 0.2) is 0 Å². The molecule has 9 aliphatic carbocycles. The Labute approximate surface area is 371 Å². The van der Waals surface area contributed by atoms with Crippen LogP contribution >= 0.6 is 7.92 Å². The summed E-state index contributed by atoms with van der Waals surface area (Å²) in [6.45, 7) is 30.8. The molecule has 0 aliphatic heterocycles. The number of benzene rings is 2. The summed E-state index contributed by atoms with van der Waals surface area (Å²) in [5.74, 6) is 6.54. The van der Waals surface area contributed by atoms with Gasteiger partial charge >= 0.3 is 0 Å². The molecule has 8 saturated carbocycles. The zero-order valence-corrected chi connectivity index (χ0v) is 42.6. The predicted molar refractivity (Wildman–Crippen MR) is 258 cm³/mol. The number of hydrogen-bond donors (Lipinski definition) is 0. The third-order valence-electron chi connectivity index (χ3n) is 17.9. The maximum atomic E-state index is 15.3. The molecule has 0 saturated heterocycles. The van der Waals surface area contributed by atoms with Crippen LogP contribution in [0, 0.1) is 35.5 Å². The highest BCUT2D eigenvalue weighted by atomic mass is 32.2. The van der Waals surface area contributed by atoms with E-state index in [2.05, 4.69) is 126 Å². The zero-order valence-electron chi connectivity index (χ0n) is 40.9. The summed E-state index contributed by atoms with van der Waals surface area (Å²) in [4.78, 5) is 0. The van der Waals surface area contributed by atoms with Gasteiger partial charge in [-0.05, 0) is 218 Å². The number of rotatable bonds is 8. The molecule has 11 rings (SSSR count). The van der Waals surface area contributed by atoms with Crippen molar-refractivity contribution in [2.24, 2.45) is 35.5 Å². The summed E-state index contributed by atoms with van der Waals surface area (Å²) in [7, 11) is 2.32. The molecule has 332 valence electrons. The molecule has 5 heteroatoms. The molecule has 0 N–H and O–H groups in total. The molecule has 3 nitrogen and oxygen atoms in total. The largest absolute Gasteiger partial charge is 0.496 e. The average Bonchev–Trinajstić information content (AvgIpc) is 3.11. The summed E-state index contributed by atoms with van der Waals surface area (Å²) in [5.41, 5.74) is 8.45. The topological polar surface area (TPSA) is 29.5 Å². The molecule has 2 aromatic rings. The van der Waals surface area contributed by atoms with Crippen molar-refractivity contribution in [3.63, 3.8) is 0 Å². The van der Waals surface area contributed by atoms with Gasteiger partial charge in [-0.1, -0.05) is 89.3 Å². The third kappa shape index (κ3) is 7.28. The van der Waals surface area contributed by atoms with E-state index < -0.39 is 23.7 Å². The first-order chi connectivity index (χ1) is 27.7. The molecule has 60 heavy (non-hydrogen) atoms. The van der Waals surface area contributed by atoms with E-state index in [0.717, 1.165) is 41.3 Å². The fourth-order valence-electron chi connectivity index (χ4n) is 16.0. The number of nitrogens with zero attached hydrogens (tertiary/aromatic N) is 1. The smallest absolute Gasteiger partial charge is 0.126 e. The maximum Gasteiger partial charge on any atom is 0.126 e. The Morgan fingerprint density at radius 3 is 1.33 bits per heavy atom. The number of ether oxygens (including phenoxy) is 1. The van der Waals surface area contributed by atoms with Gasteiger partial charge in [0.05, 0.1) is 17.9 Å². The number of fused-ring (bicyclic) bond motifs is 1. The molecule has 8 bridgehead atoms. The Morgan fingerprint density at radius 2 is 1.00 bits per heavy atom. The molecule has 8 fully saturated rings. The summed E-state index contributed by atoms with van der Waals surface area (Å²) in [5, 5.41) is 2.60. The number of hydrogen-bond acceptors (Lipinski definition) is 2. The highest BCUT2D eigenvalue weighted by molar-refractivity contribution is 7.84. The minimum Gasteiger partial charge on any atom is -0.496 e. The minimum absolute atomic E-state index is 0.0710. The van der Waals surface area contributed by atoms with Crippen molar-refractivity contribution in [2.45, 2.75) is 223 Å². The van der Waals surface area contributed by atoms with Gasteiger partial charge in [0.1, 0.15) is 16.7 Å². The van der Waals surface area contributed by atoms with Crippen LogP contribution in [0.25, 0.3) is 0 Å². The molecule has 0 unspecified atom stereocenters. The van der Waals surface area contributed by atoms with Crippen molar-refractivity contribution in [2.75, 3.05) is 14.2 Å². The predicted octanol–water partition coefficient (Wildman–Crippen LogP) is 14.2. The lowest BCUT2D eigenvalue weighted by atomic mass is 9.55. The lowest BCUT2D eigenvalue weighted by Gasteiger charge is -2.68. The van der Waals surface area contributed by atoms with Crippen molar-refractivity contribution < 1.29 is 8.95 Å². The fourth-order valence-corrected chi connectivity index (χ4v) is 22.6. The van der Waals surface area contributed by atoms with Crippen LogP contribution in [0.4, 0.5) is 0 Å². The van der Waals surface area contributed by atoms with E-state index in [-0.39, 0.29) is 27.7 Å². The van der Waals surface area contributed by atoms with Crippen LogP contribution in [0.3, 0.4) is 0 Å². The first kappa shape index (κ1) is 44.0. The van der Waals surface area contributed by atoms with Crippen molar-refractivity contribution in [3.8, 4) is 5.75 Å². The van der Waals surface area contributed by atoms with E-state index >= 15 is 4.21 Å². The Morgan fingerprint density at radius 1 is 0.633 bits per heavy atom. The van der Waals surface area contributed by atoms with Crippen LogP contribution < -0.4 is 10.0 Å². The lowest BCUT2D eigenvalue weighted by Crippen LogP contribution is -2.58. The summed E-state index contributed by atoms with van der Waals surface area (Å²) in [6, 6.07) is 10.6. The van der Waals surface area contributed by atoms with Gasteiger partial charge in [0.2, 0.25) is 0 Å². The average molecular weight is 854 g/mol. The summed E-state index contributed by atoms with van der Waals surface area (Å²) in [6.07, 6.45) is 20.2. The monoisotopic (exact) mass is 854 g/mol. The van der Waals surface area contributed by atoms with Crippen LogP contribution in [0.1, 0.15) is 219 Å². The van der Waals surface area contributed by atoms with Gasteiger partial charge in [0, 0.05) is 18.2 Å². The first-order valence-corrected chi connectivity index (χ1v) is 27.1. The molecule has 0 spiro atoms. The molecule has 9 aliphatic rings. The highest BCUT2D eigenvalue weighted by Crippen LogP contribution is 2.79. The van der Waals surface area contributed by atoms with Crippen LogP contribution in [-0.4, -0.2) is 37.7 Å². The molecule has 2 atom stereocenters. The molecular formula is C55H84NO2PS. The van der Waals surface area contributed by atoms with Gasteiger partial charge in [0.25, 0.3) is 0 Å². The molecule has 0 radical (unpaired) electrons. The van der Waals surface area contributed by atoms with E-state index in [1.807, 2.05) is 7.11 Å². The van der Waals surface area contributed by atoms with E-state index in [1.165, 1.54) is 112 Å². The van der Waals surface area contributed by atoms with Crippen molar-refractivity contribution in [1.29, 1.82) is 0 Å². The molecule has 0 heterocycles. The van der Waals surface area contributed by atoms with E-state index in [4.69, 9.17) is 4.74 Å². The van der Waals surface area contributed by atoms with Crippen LogP contribution in [0.5, 0.6) is 5.75 Å². The summed E-state index contributed by atoms with van der Waals surface area (Å²) < 4.78 is 23.7. The lowest BCUT2D eigenvalue weighted by molar-refractivity contribution is 0.0195. The first-order valence-electron chi connectivity index (χ1n) is 24.6. The third-order valence-corrected chi connectivity index (χ3v) is 23.5. The quantitative estimate of drug-likeness (QED) is 0.248. The Hall–Kier alpha value is -1.22. The molecular weight excluding hydrogens is 770 g/mol. The second-order valence-corrected chi connectivity index (χ2v) is 32.2. The SMILES string of the molecule is COc1c(C(C)(C)C)cc([C@@H](c2cc3c(cc2P(C24CC5CC(CC(C5)C2)C4)C24CC5CC(CC(C5)C2)C4)C(C)(C)CCC3(C)C)N(C)[S@](=O)C(C)(C)C)cc1C(C)(C)C. The maximum absolute atomic E-state index is 15.3. The van der Waals surface area contributed by atoms with Gasteiger partial charge in [-0.2, -0.15) is 0 Å². The normalized spacial score (nSPS) is 35.4. The second kappa shape index (κ2) is 14.4. The van der Waals surface area contributed by atoms with E-state index in [0.29, 0.717) is 10.3 Å². The van der Waals surface area contributed by atoms with Crippen LogP contribution in [0.2, 0.25) is 0 Å². The highest BCUT2D eigenvalue weighted by Gasteiger charge is 2.64. The fraction of sp³-hybridized carbons (Fsp3) is 0.782. The van der Waals surface area contributed by atoms with Crippen molar-refractivity contribution in [3.05, 3.63) is 57.6 Å². The van der Waals surface area contributed by atoms with Gasteiger partial charge < -0.3 is 4.74 Å². The molecule has 2 aromatic carbocycles. The summed E-state index contributed by atoms with van der Waals surface area (Å²) >= 11 is 0. The standard InChI is InChI=1S/C55H84NO2PS/c1-49(2,3)44-24-40(25-45(48(44)58-15)50(4,5)6)47(56(14)60(57)51(7,8)9)41-26-42-43(53(12,13)17-16-52(42,10)11)27-46(41)59(54-28-34-18-35(29-54)20-36(19-34)30-54)55-31-37-21-38(32-55)23-39(22-37)33-55/h24-27,34-39,47H,16-23,28-33H2,1-15H3/t34?,35?,36?,37?,38?,39?,47-,54?,55?,59?,60+/m0/s1. The number of methoxy groups -OCH3 is 1. The van der Waals surface area contributed by atoms with Gasteiger partial charge in [-0.3, -0.25) is 0 Å². The van der Waals surface area contributed by atoms with Gasteiger partial charge in [-0.25, -0.2) is 8.51 Å². The second-order valence-electron chi connectivity index (χ2n) is 26.8.